The summed E-state index contributed by atoms with van der Waals surface area (Å²) in [6, 6.07) is 16.9. The molecule has 0 saturated carbocycles. The number of ether oxygens (including phenoxy) is 1. The number of H-pyrrole nitrogens is 1. The van der Waals surface area contributed by atoms with E-state index in [-0.39, 0.29) is 18.5 Å². The van der Waals surface area contributed by atoms with Crippen LogP contribution in [0, 0.1) is 0 Å². The number of nitrogens with one attached hydrogen (secondary N) is 3. The molecule has 3 atom stereocenters. The lowest BCUT2D eigenvalue weighted by molar-refractivity contribution is -0.119. The minimum absolute atomic E-state index is 0.122. The molecule has 0 saturated heterocycles. The van der Waals surface area contributed by atoms with Gasteiger partial charge in [0.1, 0.15) is 11.8 Å². The molecule has 4 aromatic rings. The van der Waals surface area contributed by atoms with Crippen LogP contribution in [0.5, 0.6) is 5.75 Å². The fourth-order valence-corrected chi connectivity index (χ4v) is 5.40. The molecule has 8 nitrogen and oxygen atoms in total. The monoisotopic (exact) mass is 611 g/mol. The first kappa shape index (κ1) is 29.0. The van der Waals surface area contributed by atoms with Gasteiger partial charge < -0.3 is 26.1 Å². The van der Waals surface area contributed by atoms with Gasteiger partial charge in [0, 0.05) is 35.7 Å². The van der Waals surface area contributed by atoms with Crippen molar-refractivity contribution in [2.45, 2.75) is 37.4 Å². The number of carbonyl (C=O) groups excluding carboxylic acids is 2. The van der Waals surface area contributed by atoms with E-state index >= 15 is 0 Å². The molecule has 0 bridgehead atoms. The van der Waals surface area contributed by atoms with Gasteiger partial charge in [-0.2, -0.15) is 0 Å². The number of imidazole rings is 1. The second-order valence-corrected chi connectivity index (χ2v) is 11.1. The fraction of sp³-hybridized carbons (Fsp3) is 0.233. The number of primary amides is 1. The van der Waals surface area contributed by atoms with Crippen LogP contribution in [0.1, 0.15) is 51.2 Å². The number of benzene rings is 3. The number of halogens is 3. The second-order valence-electron chi connectivity index (χ2n) is 9.85. The van der Waals surface area contributed by atoms with Crippen LogP contribution in [-0.2, 0) is 17.6 Å². The Kier molecular flexibility index (Phi) is 9.15. The van der Waals surface area contributed by atoms with Gasteiger partial charge in [-0.05, 0) is 47.9 Å². The molecular weight excluding hydrogens is 585 g/mol. The number of hydrogen-bond acceptors (Lipinski definition) is 5. The Balaban J connectivity index is 1.36. The van der Waals surface area contributed by atoms with Gasteiger partial charge in [0.15, 0.2) is 0 Å². The van der Waals surface area contributed by atoms with Gasteiger partial charge in [-0.3, -0.25) is 9.59 Å². The van der Waals surface area contributed by atoms with E-state index < -0.39 is 17.9 Å². The molecule has 212 valence electrons. The van der Waals surface area contributed by atoms with Crippen LogP contribution in [0.4, 0.5) is 0 Å². The van der Waals surface area contributed by atoms with Gasteiger partial charge in [-0.25, -0.2) is 4.98 Å². The van der Waals surface area contributed by atoms with Crippen LogP contribution in [0.3, 0.4) is 0 Å². The number of hydrogen-bond donors (Lipinski definition) is 4. The molecule has 11 heteroatoms. The number of amides is 2. The number of rotatable bonds is 10. The van der Waals surface area contributed by atoms with Crippen molar-refractivity contribution in [2.24, 2.45) is 5.73 Å². The molecule has 0 aliphatic carbocycles. The van der Waals surface area contributed by atoms with Crippen molar-refractivity contribution in [1.82, 2.24) is 20.6 Å². The van der Waals surface area contributed by atoms with Crippen molar-refractivity contribution in [2.75, 3.05) is 6.61 Å². The number of carbonyl (C=O) groups is 2. The highest BCUT2D eigenvalue weighted by Gasteiger charge is 2.30. The van der Waals surface area contributed by atoms with Crippen LogP contribution in [-0.4, -0.2) is 34.4 Å². The Morgan fingerprint density at radius 3 is 2.51 bits per heavy atom. The highest BCUT2D eigenvalue weighted by atomic mass is 35.5. The highest BCUT2D eigenvalue weighted by Crippen LogP contribution is 2.37. The zero-order valence-corrected chi connectivity index (χ0v) is 24.1. The second kappa shape index (κ2) is 13.0. The summed E-state index contributed by atoms with van der Waals surface area (Å²) in [6.45, 7) is 0.404. The number of nitrogens with zero attached hydrogens (tertiary/aromatic N) is 1. The average molecular weight is 613 g/mol. The largest absolute Gasteiger partial charge is 0.492 e. The first-order valence-corrected chi connectivity index (χ1v) is 14.2. The lowest BCUT2D eigenvalue weighted by Gasteiger charge is -2.31. The maximum atomic E-state index is 13.4. The van der Waals surface area contributed by atoms with Gasteiger partial charge in [0.05, 0.1) is 40.3 Å². The quantitative estimate of drug-likeness (QED) is 0.186. The number of aromatic nitrogens is 2. The summed E-state index contributed by atoms with van der Waals surface area (Å²) in [5.41, 5.74) is 9.55. The molecule has 5 N–H and O–H groups in total. The van der Waals surface area contributed by atoms with E-state index in [2.05, 4.69) is 20.6 Å². The smallest absolute Gasteiger partial charge is 0.255 e. The number of aromatic amines is 1. The van der Waals surface area contributed by atoms with Crippen LogP contribution in [0.2, 0.25) is 15.1 Å². The maximum Gasteiger partial charge on any atom is 0.255 e. The van der Waals surface area contributed by atoms with Gasteiger partial charge in [0.25, 0.3) is 5.91 Å². The summed E-state index contributed by atoms with van der Waals surface area (Å²) in [4.78, 5) is 33.0. The summed E-state index contributed by atoms with van der Waals surface area (Å²) in [6.07, 6.45) is 4.96. The maximum absolute atomic E-state index is 13.4. The number of nitrogens with two attached hydrogens (primary N) is 1. The van der Waals surface area contributed by atoms with Crippen molar-refractivity contribution in [3.05, 3.63) is 116 Å². The van der Waals surface area contributed by atoms with Crippen molar-refractivity contribution in [3.63, 3.8) is 0 Å². The molecule has 3 aromatic carbocycles. The van der Waals surface area contributed by atoms with Crippen molar-refractivity contribution in [3.8, 4) is 5.75 Å². The minimum atomic E-state index is -0.909. The summed E-state index contributed by atoms with van der Waals surface area (Å²) in [7, 11) is 0. The Morgan fingerprint density at radius 2 is 1.80 bits per heavy atom. The molecule has 2 unspecified atom stereocenters. The van der Waals surface area contributed by atoms with E-state index in [1.165, 1.54) is 0 Å². The predicted molar refractivity (Wildman–Crippen MR) is 160 cm³/mol. The SMILES string of the molecule is NC(=O)[C@H](Cc1ccc(Cl)cc1)NC(=O)c1cccc2c1OCCC2NC(Cc1ccc(Cl)c(Cl)c1)c1cnc[nH]1. The molecule has 1 aliphatic rings. The van der Waals surface area contributed by atoms with E-state index in [1.54, 1.807) is 55.0 Å². The topological polar surface area (TPSA) is 122 Å². The van der Waals surface area contributed by atoms with Crippen molar-refractivity contribution in [1.29, 1.82) is 0 Å². The molecular formula is C30H28Cl3N5O3. The third-order valence-electron chi connectivity index (χ3n) is 7.04. The molecule has 0 fully saturated rings. The molecule has 0 spiro atoms. The molecule has 1 aliphatic heterocycles. The van der Waals surface area contributed by atoms with Crippen molar-refractivity contribution < 1.29 is 14.3 Å². The van der Waals surface area contributed by atoms with Crippen molar-refractivity contribution >= 4 is 46.6 Å². The van der Waals surface area contributed by atoms with Crippen LogP contribution >= 0.6 is 34.8 Å². The van der Waals surface area contributed by atoms with E-state index in [1.807, 2.05) is 18.2 Å². The summed E-state index contributed by atoms with van der Waals surface area (Å²) in [5.74, 6) is -0.606. The first-order chi connectivity index (χ1) is 19.8. The molecule has 5 rings (SSSR count). The van der Waals surface area contributed by atoms with Crippen LogP contribution in [0.25, 0.3) is 0 Å². The number of fused-ring (bicyclic) bond motifs is 1. The minimum Gasteiger partial charge on any atom is -0.492 e. The third-order valence-corrected chi connectivity index (χ3v) is 8.03. The normalized spacial score (nSPS) is 15.8. The predicted octanol–water partition coefficient (Wildman–Crippen LogP) is 5.59. The molecule has 2 heterocycles. The van der Waals surface area contributed by atoms with Crippen LogP contribution < -0.4 is 21.1 Å². The summed E-state index contributed by atoms with van der Waals surface area (Å²) in [5, 5.41) is 8.07. The average Bonchev–Trinajstić information content (AvgIpc) is 3.50. The van der Waals surface area contributed by atoms with Gasteiger partial charge in [-0.15, -0.1) is 0 Å². The van der Waals surface area contributed by atoms with Gasteiger partial charge >= 0.3 is 0 Å². The first-order valence-electron chi connectivity index (χ1n) is 13.1. The van der Waals surface area contributed by atoms with Gasteiger partial charge in [-0.1, -0.05) is 65.1 Å². The Labute approximate surface area is 252 Å². The molecule has 0 radical (unpaired) electrons. The zero-order valence-electron chi connectivity index (χ0n) is 21.9. The summed E-state index contributed by atoms with van der Waals surface area (Å²) < 4.78 is 6.02. The van der Waals surface area contributed by atoms with Crippen LogP contribution in [0.15, 0.2) is 73.2 Å². The standard InChI is InChI=1S/C30H28Cl3N5O3/c31-19-7-4-17(5-8-19)13-26(29(34)39)38-30(40)21-3-1-2-20-24(10-11-41-28(20)21)37-25(27-15-35-16-36-27)14-18-6-9-22(32)23(33)12-18/h1-9,12,15-16,24-26,37H,10-11,13-14H2,(H2,34,39)(H,35,36)(H,38,40)/t24?,25?,26-/m0/s1. The Morgan fingerprint density at radius 1 is 1.02 bits per heavy atom. The third kappa shape index (κ3) is 7.02. The van der Waals surface area contributed by atoms with E-state index in [0.717, 1.165) is 22.4 Å². The fourth-order valence-electron chi connectivity index (χ4n) is 4.95. The Hall–Kier alpha value is -3.56. The van der Waals surface area contributed by atoms with E-state index in [4.69, 9.17) is 45.3 Å². The lowest BCUT2D eigenvalue weighted by Crippen LogP contribution is -2.46. The molecule has 2 amide bonds. The van der Waals surface area contributed by atoms with E-state index in [0.29, 0.717) is 45.8 Å². The molecule has 41 heavy (non-hydrogen) atoms. The molecule has 1 aromatic heterocycles. The van der Waals surface area contributed by atoms with E-state index in [9.17, 15) is 9.59 Å². The number of para-hydroxylation sites is 1. The lowest BCUT2D eigenvalue weighted by atomic mass is 9.94. The highest BCUT2D eigenvalue weighted by molar-refractivity contribution is 6.42. The van der Waals surface area contributed by atoms with Gasteiger partial charge in [0.2, 0.25) is 5.91 Å². The Bertz CT molecular complexity index is 1530. The zero-order chi connectivity index (χ0) is 28.9. The summed E-state index contributed by atoms with van der Waals surface area (Å²) >= 11 is 18.4.